The lowest BCUT2D eigenvalue weighted by atomic mass is 10.0. The van der Waals surface area contributed by atoms with E-state index in [0.717, 1.165) is 25.7 Å². The molecule has 1 saturated carbocycles. The van der Waals surface area contributed by atoms with Crippen molar-refractivity contribution in [1.82, 2.24) is 5.32 Å². The Morgan fingerprint density at radius 2 is 2.16 bits per heavy atom. The highest BCUT2D eigenvalue weighted by Crippen LogP contribution is 2.28. The van der Waals surface area contributed by atoms with Crippen LogP contribution in [0, 0.1) is 0 Å². The second kappa shape index (κ2) is 5.48. The summed E-state index contributed by atoms with van der Waals surface area (Å²) in [6.07, 6.45) is 3.53. The van der Waals surface area contributed by atoms with Crippen molar-refractivity contribution >= 4 is 11.6 Å². The van der Waals surface area contributed by atoms with Gasteiger partial charge in [0.1, 0.15) is 5.75 Å². The number of anilines is 1. The minimum atomic E-state index is -0.742. The van der Waals surface area contributed by atoms with Gasteiger partial charge >= 0.3 is 0 Å². The summed E-state index contributed by atoms with van der Waals surface area (Å²) in [4.78, 5) is 12.0. The Balaban J connectivity index is 1.98. The molecular formula is C14H20N2O3. The largest absolute Gasteiger partial charge is 0.495 e. The van der Waals surface area contributed by atoms with Gasteiger partial charge in [-0.3, -0.25) is 4.79 Å². The number of methoxy groups -OCH3 is 1. The van der Waals surface area contributed by atoms with E-state index in [2.05, 4.69) is 5.32 Å². The van der Waals surface area contributed by atoms with Crippen molar-refractivity contribution in [2.45, 2.75) is 31.3 Å². The molecule has 2 rings (SSSR count). The number of hydrogen-bond donors (Lipinski definition) is 3. The van der Waals surface area contributed by atoms with Gasteiger partial charge in [-0.2, -0.15) is 0 Å². The van der Waals surface area contributed by atoms with Crippen molar-refractivity contribution in [3.8, 4) is 5.75 Å². The quantitative estimate of drug-likeness (QED) is 0.716. The molecule has 1 aliphatic carbocycles. The van der Waals surface area contributed by atoms with E-state index in [1.54, 1.807) is 18.2 Å². The molecular weight excluding hydrogens is 244 g/mol. The Kier molecular flexibility index (Phi) is 3.95. The zero-order valence-electron chi connectivity index (χ0n) is 11.1. The lowest BCUT2D eigenvalue weighted by molar-refractivity contribution is 0.0449. The molecule has 1 fully saturated rings. The summed E-state index contributed by atoms with van der Waals surface area (Å²) in [7, 11) is 1.53. The fraction of sp³-hybridized carbons (Fsp3) is 0.500. The normalized spacial score (nSPS) is 17.2. The van der Waals surface area contributed by atoms with Crippen molar-refractivity contribution in [2.24, 2.45) is 0 Å². The zero-order chi connectivity index (χ0) is 13.9. The summed E-state index contributed by atoms with van der Waals surface area (Å²) in [5, 5.41) is 12.9. The second-order valence-corrected chi connectivity index (χ2v) is 5.07. The third-order valence-electron chi connectivity index (χ3n) is 3.60. The molecule has 5 nitrogen and oxygen atoms in total. The maximum Gasteiger partial charge on any atom is 0.251 e. The first kappa shape index (κ1) is 13.7. The number of ether oxygens (including phenoxy) is 1. The first-order valence-corrected chi connectivity index (χ1v) is 6.48. The van der Waals surface area contributed by atoms with E-state index in [1.807, 2.05) is 0 Å². The summed E-state index contributed by atoms with van der Waals surface area (Å²) < 4.78 is 5.04. The van der Waals surface area contributed by atoms with Gasteiger partial charge in [-0.1, -0.05) is 12.8 Å². The van der Waals surface area contributed by atoms with Crippen molar-refractivity contribution in [3.63, 3.8) is 0 Å². The topological polar surface area (TPSA) is 84.6 Å². The third kappa shape index (κ3) is 3.17. The van der Waals surface area contributed by atoms with Gasteiger partial charge in [0.25, 0.3) is 5.91 Å². The average molecular weight is 264 g/mol. The van der Waals surface area contributed by atoms with Crippen LogP contribution in [0.15, 0.2) is 18.2 Å². The summed E-state index contributed by atoms with van der Waals surface area (Å²) in [5.74, 6) is 0.320. The van der Waals surface area contributed by atoms with Gasteiger partial charge in [0.2, 0.25) is 0 Å². The van der Waals surface area contributed by atoms with Crippen LogP contribution < -0.4 is 15.8 Å². The summed E-state index contributed by atoms with van der Waals surface area (Å²) in [6.45, 7) is 0.289. The highest BCUT2D eigenvalue weighted by molar-refractivity contribution is 5.95. The molecule has 1 aliphatic rings. The highest BCUT2D eigenvalue weighted by Gasteiger charge is 2.31. The Bertz CT molecular complexity index is 468. The first-order valence-electron chi connectivity index (χ1n) is 6.48. The van der Waals surface area contributed by atoms with Crippen molar-refractivity contribution in [3.05, 3.63) is 23.8 Å². The molecule has 5 heteroatoms. The molecule has 0 aromatic heterocycles. The van der Waals surface area contributed by atoms with Crippen LogP contribution in [0.2, 0.25) is 0 Å². The highest BCUT2D eigenvalue weighted by atomic mass is 16.5. The van der Waals surface area contributed by atoms with E-state index in [4.69, 9.17) is 10.5 Å². The van der Waals surface area contributed by atoms with E-state index in [1.165, 1.54) is 7.11 Å². The molecule has 19 heavy (non-hydrogen) atoms. The van der Waals surface area contributed by atoms with Crippen LogP contribution in [0.25, 0.3) is 0 Å². The second-order valence-electron chi connectivity index (χ2n) is 5.07. The fourth-order valence-corrected chi connectivity index (χ4v) is 2.43. The molecule has 0 radical (unpaired) electrons. The van der Waals surface area contributed by atoms with Crippen LogP contribution >= 0.6 is 0 Å². The molecule has 0 bridgehead atoms. The SMILES string of the molecule is COc1ccc(C(=O)NCC2(O)CCCC2)cc1N. The van der Waals surface area contributed by atoms with E-state index in [-0.39, 0.29) is 12.5 Å². The predicted octanol–water partition coefficient (Wildman–Crippen LogP) is 1.31. The number of nitrogens with two attached hydrogens (primary N) is 1. The number of carbonyl (C=O) groups excluding carboxylic acids is 1. The molecule has 0 unspecified atom stereocenters. The molecule has 1 aromatic rings. The monoisotopic (exact) mass is 264 g/mol. The van der Waals surface area contributed by atoms with E-state index >= 15 is 0 Å². The molecule has 1 amide bonds. The maximum absolute atomic E-state index is 12.0. The Morgan fingerprint density at radius 3 is 2.74 bits per heavy atom. The number of nitrogens with one attached hydrogen (secondary N) is 1. The molecule has 4 N–H and O–H groups in total. The third-order valence-corrected chi connectivity index (χ3v) is 3.60. The minimum absolute atomic E-state index is 0.227. The van der Waals surface area contributed by atoms with E-state index in [9.17, 15) is 9.90 Å². The summed E-state index contributed by atoms with van der Waals surface area (Å²) in [6, 6.07) is 4.89. The van der Waals surface area contributed by atoms with E-state index in [0.29, 0.717) is 17.0 Å². The maximum atomic E-state index is 12.0. The number of benzene rings is 1. The number of hydrogen-bond acceptors (Lipinski definition) is 4. The summed E-state index contributed by atoms with van der Waals surface area (Å²) in [5.41, 5.74) is 5.92. The Morgan fingerprint density at radius 1 is 1.47 bits per heavy atom. The van der Waals surface area contributed by atoms with Crippen LogP contribution in [-0.4, -0.2) is 30.3 Å². The number of carbonyl (C=O) groups is 1. The van der Waals surface area contributed by atoms with Crippen molar-refractivity contribution in [2.75, 3.05) is 19.4 Å². The van der Waals surface area contributed by atoms with Crippen LogP contribution in [-0.2, 0) is 0 Å². The molecule has 1 aromatic carbocycles. The van der Waals surface area contributed by atoms with Gasteiger partial charge in [0.15, 0.2) is 0 Å². The Labute approximate surface area is 112 Å². The zero-order valence-corrected chi connectivity index (χ0v) is 11.1. The van der Waals surface area contributed by atoms with Crippen LogP contribution in [0.3, 0.4) is 0 Å². The van der Waals surface area contributed by atoms with Gasteiger partial charge < -0.3 is 20.9 Å². The van der Waals surface area contributed by atoms with Crippen LogP contribution in [0.4, 0.5) is 5.69 Å². The molecule has 0 heterocycles. The smallest absolute Gasteiger partial charge is 0.251 e. The summed E-state index contributed by atoms with van der Waals surface area (Å²) >= 11 is 0. The van der Waals surface area contributed by atoms with Gasteiger partial charge in [-0.05, 0) is 31.0 Å². The lowest BCUT2D eigenvalue weighted by Crippen LogP contribution is -2.40. The Hall–Kier alpha value is -1.75. The number of amides is 1. The molecule has 0 atom stereocenters. The van der Waals surface area contributed by atoms with Crippen LogP contribution in [0.5, 0.6) is 5.75 Å². The first-order chi connectivity index (χ1) is 9.04. The minimum Gasteiger partial charge on any atom is -0.495 e. The molecule has 104 valence electrons. The fourth-order valence-electron chi connectivity index (χ4n) is 2.43. The molecule has 0 aliphatic heterocycles. The van der Waals surface area contributed by atoms with Crippen LogP contribution in [0.1, 0.15) is 36.0 Å². The standard InChI is InChI=1S/C14H20N2O3/c1-19-12-5-4-10(8-11(12)15)13(17)16-9-14(18)6-2-3-7-14/h4-5,8,18H,2-3,6-7,9,15H2,1H3,(H,16,17). The molecule has 0 saturated heterocycles. The van der Waals surface area contributed by atoms with E-state index < -0.39 is 5.60 Å². The number of nitrogen functional groups attached to an aromatic ring is 1. The predicted molar refractivity (Wildman–Crippen MR) is 73.2 cm³/mol. The van der Waals surface area contributed by atoms with Gasteiger partial charge in [-0.15, -0.1) is 0 Å². The lowest BCUT2D eigenvalue weighted by Gasteiger charge is -2.22. The van der Waals surface area contributed by atoms with Gasteiger partial charge in [0.05, 0.1) is 18.4 Å². The molecule has 0 spiro atoms. The van der Waals surface area contributed by atoms with Gasteiger partial charge in [0, 0.05) is 12.1 Å². The van der Waals surface area contributed by atoms with Gasteiger partial charge in [-0.25, -0.2) is 0 Å². The average Bonchev–Trinajstić information content (AvgIpc) is 2.83. The van der Waals surface area contributed by atoms with Crippen molar-refractivity contribution < 1.29 is 14.6 Å². The number of rotatable bonds is 4. The van der Waals surface area contributed by atoms with Crippen molar-refractivity contribution in [1.29, 1.82) is 0 Å². The number of aliphatic hydroxyl groups is 1.